The Labute approximate surface area is 83.5 Å². The summed E-state index contributed by atoms with van der Waals surface area (Å²) in [5.74, 6) is 0. The minimum atomic E-state index is 0. The maximum atomic E-state index is 5.84. The summed E-state index contributed by atoms with van der Waals surface area (Å²) in [4.78, 5) is 0. The van der Waals surface area contributed by atoms with E-state index in [4.69, 9.17) is 11.6 Å². The molecule has 1 aliphatic rings. The molecule has 1 atom stereocenters. The molecule has 0 amide bonds. The van der Waals surface area contributed by atoms with Crippen LogP contribution in [0.2, 0.25) is 5.02 Å². The van der Waals surface area contributed by atoms with Gasteiger partial charge in [-0.25, -0.2) is 0 Å². The monoisotopic (exact) mass is 203 g/mol. The fraction of sp³-hybridized carbons (Fsp3) is 0.333. The first-order valence-electron chi connectivity index (χ1n) is 3.85. The molecular formula is C9H11Cl2N. The third-order valence-corrected chi connectivity index (χ3v) is 2.31. The molecule has 3 heteroatoms. The fourth-order valence-electron chi connectivity index (χ4n) is 1.30. The number of benzene rings is 1. The molecule has 2 rings (SSSR count). The van der Waals surface area contributed by atoms with E-state index in [0.717, 1.165) is 11.6 Å². The van der Waals surface area contributed by atoms with E-state index < -0.39 is 0 Å². The standard InChI is InChI=1S/C9H10ClN.ClH/c10-8-3-1-2-7(6-8)9-4-5-11-9;/h1-3,6,9,11H,4-5H2;1H/t9-;/m0./s1. The minimum absolute atomic E-state index is 0. The van der Waals surface area contributed by atoms with E-state index in [0.29, 0.717) is 6.04 Å². The molecule has 1 fully saturated rings. The molecule has 0 unspecified atom stereocenters. The van der Waals surface area contributed by atoms with E-state index in [9.17, 15) is 0 Å². The van der Waals surface area contributed by atoms with Gasteiger partial charge in [-0.2, -0.15) is 0 Å². The van der Waals surface area contributed by atoms with Crippen LogP contribution in [0.3, 0.4) is 0 Å². The van der Waals surface area contributed by atoms with Gasteiger partial charge < -0.3 is 5.32 Å². The summed E-state index contributed by atoms with van der Waals surface area (Å²) in [6.45, 7) is 1.14. The SMILES string of the molecule is Cl.Clc1cccc([C@@H]2CCN2)c1. The van der Waals surface area contributed by atoms with Crippen molar-refractivity contribution in [2.24, 2.45) is 0 Å². The molecular weight excluding hydrogens is 193 g/mol. The molecule has 1 nitrogen and oxygen atoms in total. The van der Waals surface area contributed by atoms with Gasteiger partial charge in [-0.3, -0.25) is 0 Å². The molecule has 66 valence electrons. The molecule has 1 N–H and O–H groups in total. The van der Waals surface area contributed by atoms with Crippen LogP contribution < -0.4 is 5.32 Å². The Hall–Kier alpha value is -0.240. The predicted molar refractivity (Wildman–Crippen MR) is 54.1 cm³/mol. The highest BCUT2D eigenvalue weighted by molar-refractivity contribution is 6.30. The second-order valence-corrected chi connectivity index (χ2v) is 3.29. The van der Waals surface area contributed by atoms with Crippen molar-refractivity contribution in [2.45, 2.75) is 12.5 Å². The van der Waals surface area contributed by atoms with Crippen molar-refractivity contribution in [2.75, 3.05) is 6.54 Å². The first-order chi connectivity index (χ1) is 5.36. The Morgan fingerprint density at radius 2 is 2.17 bits per heavy atom. The Bertz CT molecular complexity index is 258. The molecule has 1 aromatic carbocycles. The van der Waals surface area contributed by atoms with E-state index in [1.807, 2.05) is 18.2 Å². The van der Waals surface area contributed by atoms with Gasteiger partial charge in [0.1, 0.15) is 0 Å². The number of hydrogen-bond donors (Lipinski definition) is 1. The highest BCUT2D eigenvalue weighted by Gasteiger charge is 2.17. The van der Waals surface area contributed by atoms with E-state index in [1.54, 1.807) is 0 Å². The summed E-state index contributed by atoms with van der Waals surface area (Å²) in [6, 6.07) is 8.59. The van der Waals surface area contributed by atoms with Crippen LogP contribution in [0.25, 0.3) is 0 Å². The van der Waals surface area contributed by atoms with Gasteiger partial charge in [0, 0.05) is 11.1 Å². The van der Waals surface area contributed by atoms with Crippen LogP contribution in [0.15, 0.2) is 24.3 Å². The quantitative estimate of drug-likeness (QED) is 0.741. The first kappa shape index (κ1) is 9.85. The maximum Gasteiger partial charge on any atom is 0.0409 e. The second kappa shape index (κ2) is 4.13. The average molecular weight is 204 g/mol. The highest BCUT2D eigenvalue weighted by Crippen LogP contribution is 2.24. The smallest absolute Gasteiger partial charge is 0.0409 e. The van der Waals surface area contributed by atoms with Crippen LogP contribution in [0.1, 0.15) is 18.0 Å². The highest BCUT2D eigenvalue weighted by atomic mass is 35.5. The normalized spacial score (nSPS) is 20.9. The Kier molecular flexibility index (Phi) is 3.39. The number of hydrogen-bond acceptors (Lipinski definition) is 1. The lowest BCUT2D eigenvalue weighted by Crippen LogP contribution is -2.34. The first-order valence-corrected chi connectivity index (χ1v) is 4.23. The van der Waals surface area contributed by atoms with Crippen molar-refractivity contribution in [3.8, 4) is 0 Å². The van der Waals surface area contributed by atoms with Crippen molar-refractivity contribution in [1.29, 1.82) is 0 Å². The predicted octanol–water partition coefficient (Wildman–Crippen LogP) is 2.80. The maximum absolute atomic E-state index is 5.84. The van der Waals surface area contributed by atoms with Crippen LogP contribution in [0, 0.1) is 0 Å². The molecule has 0 saturated carbocycles. The van der Waals surface area contributed by atoms with Gasteiger partial charge in [-0.05, 0) is 30.7 Å². The third-order valence-electron chi connectivity index (χ3n) is 2.07. The van der Waals surface area contributed by atoms with Gasteiger partial charge in [0.05, 0.1) is 0 Å². The third kappa shape index (κ3) is 1.92. The summed E-state index contributed by atoms with van der Waals surface area (Å²) in [5.41, 5.74) is 1.31. The Morgan fingerprint density at radius 3 is 2.67 bits per heavy atom. The average Bonchev–Trinajstić information content (AvgIpc) is 1.83. The largest absolute Gasteiger partial charge is 0.310 e. The molecule has 0 radical (unpaired) electrons. The summed E-state index contributed by atoms with van der Waals surface area (Å²) in [7, 11) is 0. The van der Waals surface area contributed by atoms with Gasteiger partial charge in [0.2, 0.25) is 0 Å². The van der Waals surface area contributed by atoms with E-state index in [-0.39, 0.29) is 12.4 Å². The second-order valence-electron chi connectivity index (χ2n) is 2.85. The van der Waals surface area contributed by atoms with Crippen molar-refractivity contribution >= 4 is 24.0 Å². The van der Waals surface area contributed by atoms with Crippen LogP contribution in [0.4, 0.5) is 0 Å². The van der Waals surface area contributed by atoms with Crippen molar-refractivity contribution < 1.29 is 0 Å². The molecule has 0 aliphatic carbocycles. The lowest BCUT2D eigenvalue weighted by atomic mass is 9.98. The molecule has 1 heterocycles. The van der Waals surface area contributed by atoms with Gasteiger partial charge in [0.25, 0.3) is 0 Å². The molecule has 1 aromatic rings. The van der Waals surface area contributed by atoms with Crippen LogP contribution in [-0.4, -0.2) is 6.54 Å². The minimum Gasteiger partial charge on any atom is -0.310 e. The zero-order chi connectivity index (χ0) is 7.68. The van der Waals surface area contributed by atoms with Crippen LogP contribution >= 0.6 is 24.0 Å². The van der Waals surface area contributed by atoms with Gasteiger partial charge >= 0.3 is 0 Å². The number of halogens is 2. The Balaban J connectivity index is 0.000000720. The molecule has 1 aliphatic heterocycles. The molecule has 1 saturated heterocycles. The summed E-state index contributed by atoms with van der Waals surface area (Å²) >= 11 is 5.84. The zero-order valence-electron chi connectivity index (χ0n) is 6.59. The Morgan fingerprint density at radius 1 is 1.42 bits per heavy atom. The lowest BCUT2D eigenvalue weighted by Gasteiger charge is -2.27. The zero-order valence-corrected chi connectivity index (χ0v) is 8.16. The van der Waals surface area contributed by atoms with E-state index in [2.05, 4.69) is 11.4 Å². The molecule has 0 spiro atoms. The molecule has 0 bridgehead atoms. The fourth-order valence-corrected chi connectivity index (χ4v) is 1.50. The van der Waals surface area contributed by atoms with Gasteiger partial charge in [-0.1, -0.05) is 23.7 Å². The van der Waals surface area contributed by atoms with Crippen LogP contribution in [-0.2, 0) is 0 Å². The van der Waals surface area contributed by atoms with Crippen molar-refractivity contribution in [3.63, 3.8) is 0 Å². The number of rotatable bonds is 1. The van der Waals surface area contributed by atoms with E-state index >= 15 is 0 Å². The lowest BCUT2D eigenvalue weighted by molar-refractivity contribution is 0.383. The van der Waals surface area contributed by atoms with Crippen molar-refractivity contribution in [3.05, 3.63) is 34.9 Å². The van der Waals surface area contributed by atoms with Gasteiger partial charge in [0.15, 0.2) is 0 Å². The number of nitrogens with one attached hydrogen (secondary N) is 1. The summed E-state index contributed by atoms with van der Waals surface area (Å²) in [5, 5.41) is 4.16. The van der Waals surface area contributed by atoms with Gasteiger partial charge in [-0.15, -0.1) is 12.4 Å². The van der Waals surface area contributed by atoms with E-state index in [1.165, 1.54) is 12.0 Å². The topological polar surface area (TPSA) is 12.0 Å². The molecule has 12 heavy (non-hydrogen) atoms. The molecule has 0 aromatic heterocycles. The summed E-state index contributed by atoms with van der Waals surface area (Å²) < 4.78 is 0. The van der Waals surface area contributed by atoms with Crippen molar-refractivity contribution in [1.82, 2.24) is 5.32 Å². The summed E-state index contributed by atoms with van der Waals surface area (Å²) in [6.07, 6.45) is 1.24. The van der Waals surface area contributed by atoms with Crippen LogP contribution in [0.5, 0.6) is 0 Å².